The molecular formula is C18H23ClN4O3. The maximum Gasteiger partial charge on any atom is 0.246 e. The van der Waals surface area contributed by atoms with Crippen LogP contribution in [0.4, 0.5) is 0 Å². The van der Waals surface area contributed by atoms with Crippen molar-refractivity contribution in [1.29, 1.82) is 0 Å². The minimum atomic E-state index is -0.346. The van der Waals surface area contributed by atoms with Crippen molar-refractivity contribution < 1.29 is 14.3 Å². The van der Waals surface area contributed by atoms with Crippen LogP contribution in [-0.4, -0.2) is 60.5 Å². The third-order valence-corrected chi connectivity index (χ3v) is 4.51. The molecule has 1 aliphatic rings. The Morgan fingerprint density at radius 1 is 1.31 bits per heavy atom. The summed E-state index contributed by atoms with van der Waals surface area (Å²) in [4.78, 5) is 14.7. The fraction of sp³-hybridized carbons (Fsp3) is 0.444. The van der Waals surface area contributed by atoms with Gasteiger partial charge < -0.3 is 14.8 Å². The molecule has 0 aliphatic carbocycles. The molecule has 0 spiro atoms. The smallest absolute Gasteiger partial charge is 0.246 e. The largest absolute Gasteiger partial charge is 0.492 e. The summed E-state index contributed by atoms with van der Waals surface area (Å²) in [6.07, 6.45) is 1.73. The van der Waals surface area contributed by atoms with E-state index < -0.39 is 0 Å². The number of hydrogen-bond acceptors (Lipinski definition) is 5. The van der Waals surface area contributed by atoms with Crippen LogP contribution >= 0.6 is 11.6 Å². The molecule has 1 aromatic carbocycles. The number of rotatable bonds is 8. The molecule has 0 fully saturated rings. The van der Waals surface area contributed by atoms with Crippen molar-refractivity contribution in [2.75, 3.05) is 40.0 Å². The van der Waals surface area contributed by atoms with E-state index in [2.05, 4.69) is 15.3 Å². The predicted octanol–water partition coefficient (Wildman–Crippen LogP) is 1.73. The van der Waals surface area contributed by atoms with E-state index in [1.54, 1.807) is 30.1 Å². The molecule has 1 N–H and O–H groups in total. The molecule has 0 saturated carbocycles. The zero-order valence-electron chi connectivity index (χ0n) is 14.7. The Morgan fingerprint density at radius 3 is 2.88 bits per heavy atom. The third-order valence-electron chi connectivity index (χ3n) is 4.26. The molecular weight excluding hydrogens is 356 g/mol. The second kappa shape index (κ2) is 9.02. The van der Waals surface area contributed by atoms with E-state index in [0.29, 0.717) is 31.3 Å². The number of nitrogens with zero attached hydrogens (tertiary/aromatic N) is 3. The van der Waals surface area contributed by atoms with Crippen LogP contribution in [0.2, 0.25) is 5.02 Å². The molecule has 0 bridgehead atoms. The van der Waals surface area contributed by atoms with E-state index in [-0.39, 0.29) is 11.9 Å². The summed E-state index contributed by atoms with van der Waals surface area (Å²) in [5.74, 6) is 0.737. The predicted molar refractivity (Wildman–Crippen MR) is 98.4 cm³/mol. The molecule has 0 saturated heterocycles. The first kappa shape index (κ1) is 18.7. The lowest BCUT2D eigenvalue weighted by molar-refractivity contribution is -0.126. The van der Waals surface area contributed by atoms with Crippen molar-refractivity contribution in [3.8, 4) is 5.75 Å². The second-order valence-electron chi connectivity index (χ2n) is 6.10. The number of amides is 1. The van der Waals surface area contributed by atoms with E-state index in [1.807, 2.05) is 18.2 Å². The Morgan fingerprint density at radius 2 is 2.12 bits per heavy atom. The molecule has 1 atom stereocenters. The molecule has 0 unspecified atom stereocenters. The quantitative estimate of drug-likeness (QED) is 0.708. The maximum atomic E-state index is 12.5. The topological polar surface area (TPSA) is 68.6 Å². The molecule has 8 heteroatoms. The highest BCUT2D eigenvalue weighted by Gasteiger charge is 2.30. The molecule has 2 heterocycles. The van der Waals surface area contributed by atoms with Crippen molar-refractivity contribution in [1.82, 2.24) is 20.0 Å². The van der Waals surface area contributed by atoms with Gasteiger partial charge in [0.15, 0.2) is 0 Å². The lowest BCUT2D eigenvalue weighted by atomic mass is 10.1. The van der Waals surface area contributed by atoms with Gasteiger partial charge in [0.1, 0.15) is 18.4 Å². The minimum Gasteiger partial charge on any atom is -0.492 e. The van der Waals surface area contributed by atoms with E-state index in [0.717, 1.165) is 24.5 Å². The van der Waals surface area contributed by atoms with E-state index in [1.165, 1.54) is 0 Å². The molecule has 26 heavy (non-hydrogen) atoms. The summed E-state index contributed by atoms with van der Waals surface area (Å²) in [6, 6.07) is 8.90. The van der Waals surface area contributed by atoms with Gasteiger partial charge in [-0.1, -0.05) is 11.6 Å². The van der Waals surface area contributed by atoms with Gasteiger partial charge in [-0.3, -0.25) is 14.4 Å². The SMILES string of the molecule is COCCNC(=O)[C@H]1CN(CCOc2ccc(Cl)cc2)Cc2ccnn21. The maximum absolute atomic E-state index is 12.5. The molecule has 1 aromatic heterocycles. The highest BCUT2D eigenvalue weighted by Crippen LogP contribution is 2.21. The lowest BCUT2D eigenvalue weighted by Crippen LogP contribution is -2.46. The first-order valence-corrected chi connectivity index (χ1v) is 8.95. The van der Waals surface area contributed by atoms with Gasteiger partial charge in [0.2, 0.25) is 5.91 Å². The molecule has 1 amide bonds. The summed E-state index contributed by atoms with van der Waals surface area (Å²) < 4.78 is 12.6. The number of nitrogens with one attached hydrogen (secondary N) is 1. The number of benzene rings is 1. The Balaban J connectivity index is 1.56. The average Bonchev–Trinajstić information content (AvgIpc) is 3.11. The summed E-state index contributed by atoms with van der Waals surface area (Å²) in [6.45, 7) is 3.57. The molecule has 3 rings (SSSR count). The molecule has 0 radical (unpaired) electrons. The van der Waals surface area contributed by atoms with Gasteiger partial charge in [0, 0.05) is 44.5 Å². The highest BCUT2D eigenvalue weighted by molar-refractivity contribution is 6.30. The molecule has 2 aromatic rings. The van der Waals surface area contributed by atoms with Crippen molar-refractivity contribution in [3.63, 3.8) is 0 Å². The zero-order chi connectivity index (χ0) is 18.4. The summed E-state index contributed by atoms with van der Waals surface area (Å²) in [5, 5.41) is 7.89. The normalized spacial score (nSPS) is 16.9. The second-order valence-corrected chi connectivity index (χ2v) is 6.54. The molecule has 1 aliphatic heterocycles. The standard InChI is InChI=1S/C18H23ClN4O3/c1-25-10-8-20-18(24)17-13-22(12-15-6-7-21-23(15)17)9-11-26-16-4-2-14(19)3-5-16/h2-7,17H,8-13H2,1H3,(H,20,24)/t17-/m1/s1. The number of halogens is 1. The van der Waals surface area contributed by atoms with Crippen molar-refractivity contribution in [2.24, 2.45) is 0 Å². The van der Waals surface area contributed by atoms with Gasteiger partial charge in [0.25, 0.3) is 0 Å². The fourth-order valence-electron chi connectivity index (χ4n) is 2.94. The van der Waals surface area contributed by atoms with Crippen LogP contribution in [0.5, 0.6) is 5.75 Å². The van der Waals surface area contributed by atoms with Crippen LogP contribution in [-0.2, 0) is 16.1 Å². The van der Waals surface area contributed by atoms with Crippen LogP contribution in [0, 0.1) is 0 Å². The number of methoxy groups -OCH3 is 1. The number of fused-ring (bicyclic) bond motifs is 1. The lowest BCUT2D eigenvalue weighted by Gasteiger charge is -2.33. The number of aromatic nitrogens is 2. The summed E-state index contributed by atoms with van der Waals surface area (Å²) >= 11 is 5.88. The van der Waals surface area contributed by atoms with Crippen molar-refractivity contribution in [3.05, 3.63) is 47.2 Å². The van der Waals surface area contributed by atoms with Gasteiger partial charge in [-0.15, -0.1) is 0 Å². The highest BCUT2D eigenvalue weighted by atomic mass is 35.5. The average molecular weight is 379 g/mol. The van der Waals surface area contributed by atoms with Crippen LogP contribution in [0.1, 0.15) is 11.7 Å². The van der Waals surface area contributed by atoms with Gasteiger partial charge in [-0.05, 0) is 30.3 Å². The van der Waals surface area contributed by atoms with E-state index in [9.17, 15) is 4.79 Å². The monoisotopic (exact) mass is 378 g/mol. The van der Waals surface area contributed by atoms with Gasteiger partial charge >= 0.3 is 0 Å². The number of hydrogen-bond donors (Lipinski definition) is 1. The van der Waals surface area contributed by atoms with Gasteiger partial charge in [-0.2, -0.15) is 5.10 Å². The first-order chi connectivity index (χ1) is 12.7. The molecule has 7 nitrogen and oxygen atoms in total. The fourth-order valence-corrected chi connectivity index (χ4v) is 3.07. The van der Waals surface area contributed by atoms with E-state index >= 15 is 0 Å². The Kier molecular flexibility index (Phi) is 6.49. The third kappa shape index (κ3) is 4.75. The Hall–Kier alpha value is -2.09. The first-order valence-electron chi connectivity index (χ1n) is 8.57. The van der Waals surface area contributed by atoms with Crippen LogP contribution in [0.25, 0.3) is 0 Å². The summed E-state index contributed by atoms with van der Waals surface area (Å²) in [5.41, 5.74) is 1.02. The number of carbonyl (C=O) groups is 1. The van der Waals surface area contributed by atoms with Crippen LogP contribution in [0.15, 0.2) is 36.5 Å². The van der Waals surface area contributed by atoms with Crippen LogP contribution < -0.4 is 10.1 Å². The van der Waals surface area contributed by atoms with Crippen LogP contribution in [0.3, 0.4) is 0 Å². The van der Waals surface area contributed by atoms with Gasteiger partial charge in [0.05, 0.1) is 12.3 Å². The van der Waals surface area contributed by atoms with E-state index in [4.69, 9.17) is 21.1 Å². The van der Waals surface area contributed by atoms with Crippen molar-refractivity contribution in [2.45, 2.75) is 12.6 Å². The Bertz CT molecular complexity index is 719. The zero-order valence-corrected chi connectivity index (χ0v) is 15.5. The van der Waals surface area contributed by atoms with Crippen molar-refractivity contribution >= 4 is 17.5 Å². The Labute approximate surface area is 157 Å². The molecule has 140 valence electrons. The number of carbonyl (C=O) groups excluding carboxylic acids is 1. The summed E-state index contributed by atoms with van der Waals surface area (Å²) in [7, 11) is 1.61. The number of ether oxygens (including phenoxy) is 2. The minimum absolute atomic E-state index is 0.0460. The van der Waals surface area contributed by atoms with Gasteiger partial charge in [-0.25, -0.2) is 0 Å².